The molecule has 0 radical (unpaired) electrons. The zero-order valence-electron chi connectivity index (χ0n) is 14.9. The van der Waals surface area contributed by atoms with Crippen LogP contribution in [0.4, 0.5) is 0 Å². The molecule has 0 aliphatic carbocycles. The number of fused-ring (bicyclic) bond motifs is 1. The number of hydrogen-bond donors (Lipinski definition) is 3. The Morgan fingerprint density at radius 3 is 2.73 bits per heavy atom. The lowest BCUT2D eigenvalue weighted by atomic mass is 9.75. The number of rotatable bonds is 6. The molecule has 0 saturated heterocycles. The van der Waals surface area contributed by atoms with Gasteiger partial charge in [0, 0.05) is 12.0 Å². The quantitative estimate of drug-likeness (QED) is 0.691. The fraction of sp³-hybridized carbons (Fsp3) is 0.368. The lowest BCUT2D eigenvalue weighted by molar-refractivity contribution is -0.131. The monoisotopic (exact) mass is 354 g/mol. The van der Waals surface area contributed by atoms with Crippen molar-refractivity contribution in [3.05, 3.63) is 48.0 Å². The Morgan fingerprint density at radius 1 is 1.27 bits per heavy atom. The molecule has 26 heavy (non-hydrogen) atoms. The van der Waals surface area contributed by atoms with Gasteiger partial charge in [0.05, 0.1) is 11.7 Å². The van der Waals surface area contributed by atoms with Crippen molar-refractivity contribution in [3.8, 4) is 0 Å². The first-order chi connectivity index (χ1) is 12.5. The lowest BCUT2D eigenvalue weighted by Gasteiger charge is -2.20. The van der Waals surface area contributed by atoms with Crippen LogP contribution in [0.25, 0.3) is 10.8 Å². The molecule has 1 aliphatic rings. The maximum Gasteiger partial charge on any atom is 0.475 e. The molecule has 2 unspecified atom stereocenters. The number of amides is 1. The molecule has 2 aromatic carbocycles. The van der Waals surface area contributed by atoms with Crippen LogP contribution >= 0.6 is 0 Å². The van der Waals surface area contributed by atoms with Crippen molar-refractivity contribution in [1.82, 2.24) is 5.32 Å². The van der Waals surface area contributed by atoms with Gasteiger partial charge in [-0.25, -0.2) is 0 Å². The third-order valence-electron chi connectivity index (χ3n) is 4.47. The summed E-state index contributed by atoms with van der Waals surface area (Å²) >= 11 is 0. The summed E-state index contributed by atoms with van der Waals surface area (Å²) in [6.45, 7) is 3.91. The Hall–Kier alpha value is -2.38. The molecule has 3 N–H and O–H groups in total. The Labute approximate surface area is 153 Å². The van der Waals surface area contributed by atoms with Crippen LogP contribution < -0.4 is 5.32 Å². The normalized spacial score (nSPS) is 17.7. The number of benzene rings is 2. The molecular formula is C19H23BN2O4. The van der Waals surface area contributed by atoms with Gasteiger partial charge in [0.15, 0.2) is 0 Å². The van der Waals surface area contributed by atoms with E-state index in [2.05, 4.69) is 10.5 Å². The highest BCUT2D eigenvalue weighted by Gasteiger charge is 2.33. The van der Waals surface area contributed by atoms with Crippen LogP contribution in [0, 0.1) is 5.92 Å². The summed E-state index contributed by atoms with van der Waals surface area (Å²) in [5.41, 5.74) is 1.66. The molecule has 0 spiro atoms. The molecule has 0 bridgehead atoms. The molecule has 7 heteroatoms. The molecule has 0 fully saturated rings. The van der Waals surface area contributed by atoms with E-state index < -0.39 is 19.2 Å². The molecule has 2 atom stereocenters. The smallest absolute Gasteiger partial charge is 0.426 e. The van der Waals surface area contributed by atoms with Gasteiger partial charge in [0.1, 0.15) is 0 Å². The van der Waals surface area contributed by atoms with E-state index in [-0.39, 0.29) is 11.8 Å². The van der Waals surface area contributed by atoms with Crippen LogP contribution in [0.3, 0.4) is 0 Å². The molecule has 6 nitrogen and oxygen atoms in total. The Kier molecular flexibility index (Phi) is 5.59. The SMILES string of the molecule is CC(C)CC(NC(=O)C1CC(c2cccc3ccccc23)=NO1)B(O)O. The zero-order valence-corrected chi connectivity index (χ0v) is 14.9. The van der Waals surface area contributed by atoms with E-state index in [1.165, 1.54) is 0 Å². The minimum Gasteiger partial charge on any atom is -0.426 e. The van der Waals surface area contributed by atoms with Gasteiger partial charge in [0.2, 0.25) is 6.10 Å². The number of carbonyl (C=O) groups excluding carboxylic acids is 1. The van der Waals surface area contributed by atoms with Gasteiger partial charge in [-0.1, -0.05) is 61.5 Å². The molecule has 0 saturated carbocycles. The van der Waals surface area contributed by atoms with Gasteiger partial charge in [-0.3, -0.25) is 4.79 Å². The minimum absolute atomic E-state index is 0.217. The summed E-state index contributed by atoms with van der Waals surface area (Å²) in [6.07, 6.45) is 0.0421. The van der Waals surface area contributed by atoms with E-state index in [1.54, 1.807) is 0 Å². The molecule has 136 valence electrons. The highest BCUT2D eigenvalue weighted by atomic mass is 16.6. The molecular weight excluding hydrogens is 331 g/mol. The van der Waals surface area contributed by atoms with Crippen LogP contribution in [-0.2, 0) is 9.63 Å². The van der Waals surface area contributed by atoms with Crippen molar-refractivity contribution in [1.29, 1.82) is 0 Å². The zero-order chi connectivity index (χ0) is 18.7. The van der Waals surface area contributed by atoms with Gasteiger partial charge in [-0.05, 0) is 23.1 Å². The fourth-order valence-corrected chi connectivity index (χ4v) is 3.19. The first-order valence-electron chi connectivity index (χ1n) is 8.83. The molecule has 1 heterocycles. The lowest BCUT2D eigenvalue weighted by Crippen LogP contribution is -2.50. The molecule has 1 aliphatic heterocycles. The van der Waals surface area contributed by atoms with Crippen molar-refractivity contribution < 1.29 is 19.7 Å². The average molecular weight is 354 g/mol. The topological polar surface area (TPSA) is 91.2 Å². The van der Waals surface area contributed by atoms with Crippen LogP contribution in [0.2, 0.25) is 0 Å². The van der Waals surface area contributed by atoms with Crippen molar-refractivity contribution in [2.24, 2.45) is 11.1 Å². The third kappa shape index (κ3) is 4.06. The summed E-state index contributed by atoms with van der Waals surface area (Å²) in [6, 6.07) is 13.9. The maximum atomic E-state index is 12.5. The maximum absolute atomic E-state index is 12.5. The first kappa shape index (κ1) is 18.4. The highest BCUT2D eigenvalue weighted by molar-refractivity contribution is 6.43. The van der Waals surface area contributed by atoms with Gasteiger partial charge in [-0.15, -0.1) is 0 Å². The van der Waals surface area contributed by atoms with Crippen molar-refractivity contribution in [2.75, 3.05) is 0 Å². The van der Waals surface area contributed by atoms with Crippen LogP contribution in [-0.4, -0.2) is 40.8 Å². The van der Waals surface area contributed by atoms with Crippen molar-refractivity contribution in [2.45, 2.75) is 38.7 Å². The van der Waals surface area contributed by atoms with E-state index in [0.29, 0.717) is 18.6 Å². The Bertz CT molecular complexity index is 817. The van der Waals surface area contributed by atoms with Crippen LogP contribution in [0.5, 0.6) is 0 Å². The summed E-state index contributed by atoms with van der Waals surface area (Å²) < 4.78 is 0. The van der Waals surface area contributed by atoms with E-state index >= 15 is 0 Å². The second-order valence-electron chi connectivity index (χ2n) is 7.02. The average Bonchev–Trinajstić information content (AvgIpc) is 3.10. The van der Waals surface area contributed by atoms with E-state index in [0.717, 1.165) is 16.3 Å². The van der Waals surface area contributed by atoms with Crippen LogP contribution in [0.15, 0.2) is 47.6 Å². The summed E-state index contributed by atoms with van der Waals surface area (Å²) in [5, 5.41) is 27.9. The van der Waals surface area contributed by atoms with E-state index in [4.69, 9.17) is 4.84 Å². The second kappa shape index (κ2) is 7.89. The first-order valence-corrected chi connectivity index (χ1v) is 8.83. The van der Waals surface area contributed by atoms with Crippen molar-refractivity contribution >= 4 is 29.5 Å². The number of oxime groups is 1. The number of hydrogen-bond acceptors (Lipinski definition) is 5. The van der Waals surface area contributed by atoms with E-state index in [1.807, 2.05) is 56.3 Å². The second-order valence-corrected chi connectivity index (χ2v) is 7.02. The molecule has 1 amide bonds. The van der Waals surface area contributed by atoms with Gasteiger partial charge >= 0.3 is 7.12 Å². The van der Waals surface area contributed by atoms with Crippen molar-refractivity contribution in [3.63, 3.8) is 0 Å². The van der Waals surface area contributed by atoms with Gasteiger partial charge in [0.25, 0.3) is 5.91 Å². The summed E-state index contributed by atoms with van der Waals surface area (Å²) in [4.78, 5) is 17.8. The predicted molar refractivity (Wildman–Crippen MR) is 102 cm³/mol. The number of nitrogens with one attached hydrogen (secondary N) is 1. The largest absolute Gasteiger partial charge is 0.475 e. The minimum atomic E-state index is -1.61. The Balaban J connectivity index is 1.70. The fourth-order valence-electron chi connectivity index (χ4n) is 3.19. The molecule has 2 aromatic rings. The van der Waals surface area contributed by atoms with E-state index in [9.17, 15) is 14.8 Å². The highest BCUT2D eigenvalue weighted by Crippen LogP contribution is 2.24. The third-order valence-corrected chi connectivity index (χ3v) is 4.47. The number of carbonyl (C=O) groups is 1. The van der Waals surface area contributed by atoms with Gasteiger partial charge < -0.3 is 20.2 Å². The molecule has 0 aromatic heterocycles. The predicted octanol–water partition coefficient (Wildman–Crippen LogP) is 1.88. The standard InChI is InChI=1S/C19H23BN2O4/c1-12(2)10-18(20(24)25)21-19(23)17-11-16(22-26-17)15-9-5-7-13-6-3-4-8-14(13)15/h3-9,12,17-18,24-25H,10-11H2,1-2H3,(H,21,23). The van der Waals surface area contributed by atoms with Crippen LogP contribution in [0.1, 0.15) is 32.3 Å². The number of nitrogens with zero attached hydrogens (tertiary/aromatic N) is 1. The molecule has 3 rings (SSSR count). The summed E-state index contributed by atoms with van der Waals surface area (Å²) in [7, 11) is -1.61. The Morgan fingerprint density at radius 2 is 2.00 bits per heavy atom. The van der Waals surface area contributed by atoms with Gasteiger partial charge in [-0.2, -0.15) is 0 Å². The summed E-state index contributed by atoms with van der Waals surface area (Å²) in [5.74, 6) is -0.899.